The Morgan fingerprint density at radius 2 is 2.33 bits per heavy atom. The molecular weight excluding hydrogens is 190 g/mol. The van der Waals surface area contributed by atoms with Crippen molar-refractivity contribution in [2.45, 2.75) is 13.8 Å². The summed E-state index contributed by atoms with van der Waals surface area (Å²) in [5.74, 6) is 0.865. The normalized spacial score (nSPS) is 11.9. The molecule has 0 radical (unpaired) electrons. The fraction of sp³-hybridized carbons (Fsp3) is 0.455. The van der Waals surface area contributed by atoms with Gasteiger partial charge in [0.25, 0.3) is 0 Å². The maximum Gasteiger partial charge on any atom is 0.127 e. The molecule has 0 aliphatic carbocycles. The highest BCUT2D eigenvalue weighted by Crippen LogP contribution is 2.09. The molecule has 0 amide bonds. The van der Waals surface area contributed by atoms with E-state index in [4.69, 9.17) is 10.4 Å². The highest BCUT2D eigenvalue weighted by Gasteiger charge is 2.02. The minimum Gasteiger partial charge on any atom is -0.396 e. The first-order valence-corrected chi connectivity index (χ1v) is 4.89. The summed E-state index contributed by atoms with van der Waals surface area (Å²) < 4.78 is 0. The number of pyridine rings is 1. The Hall–Kier alpha value is -1.60. The summed E-state index contributed by atoms with van der Waals surface area (Å²) in [7, 11) is 0. The molecule has 0 aliphatic heterocycles. The molecule has 0 aliphatic rings. The Bertz CT molecular complexity index is 371. The molecule has 1 unspecified atom stereocenters. The number of aryl methyl sites for hydroxylation is 1. The van der Waals surface area contributed by atoms with Crippen molar-refractivity contribution in [3.8, 4) is 6.07 Å². The third kappa shape index (κ3) is 3.56. The monoisotopic (exact) mass is 205 g/mol. The smallest absolute Gasteiger partial charge is 0.127 e. The van der Waals surface area contributed by atoms with Gasteiger partial charge in [0.2, 0.25) is 0 Å². The largest absolute Gasteiger partial charge is 0.396 e. The molecule has 2 N–H and O–H groups in total. The summed E-state index contributed by atoms with van der Waals surface area (Å²) in [5, 5.41) is 20.7. The van der Waals surface area contributed by atoms with Crippen molar-refractivity contribution in [1.29, 1.82) is 5.26 Å². The van der Waals surface area contributed by atoms with Crippen LogP contribution in [-0.4, -0.2) is 23.2 Å². The van der Waals surface area contributed by atoms with Crippen LogP contribution in [0.5, 0.6) is 0 Å². The average molecular weight is 205 g/mol. The average Bonchev–Trinajstić information content (AvgIpc) is 2.25. The van der Waals surface area contributed by atoms with Crippen LogP contribution in [0.25, 0.3) is 0 Å². The molecular formula is C11H15N3O. The molecule has 0 aromatic carbocycles. The molecule has 1 aromatic rings. The minimum absolute atomic E-state index is 0.143. The molecule has 15 heavy (non-hydrogen) atoms. The first-order valence-electron chi connectivity index (χ1n) is 4.89. The Kier molecular flexibility index (Phi) is 4.07. The van der Waals surface area contributed by atoms with E-state index in [0.717, 1.165) is 5.69 Å². The molecule has 0 fully saturated rings. The van der Waals surface area contributed by atoms with E-state index in [-0.39, 0.29) is 12.5 Å². The number of aromatic nitrogens is 1. The lowest BCUT2D eigenvalue weighted by molar-refractivity contribution is 0.244. The van der Waals surface area contributed by atoms with E-state index in [9.17, 15) is 0 Å². The molecule has 1 rings (SSSR count). The van der Waals surface area contributed by atoms with Gasteiger partial charge in [-0.15, -0.1) is 0 Å². The maximum atomic E-state index is 8.86. The van der Waals surface area contributed by atoms with Crippen LogP contribution in [0.3, 0.4) is 0 Å². The number of hydrogen-bond donors (Lipinski definition) is 2. The number of nitriles is 1. The van der Waals surface area contributed by atoms with Crippen LogP contribution in [0.4, 0.5) is 5.82 Å². The zero-order valence-electron chi connectivity index (χ0n) is 8.99. The standard InChI is InChI=1S/C11H15N3O/c1-8(7-15)6-13-11-4-10(5-12)3-9(2)14-11/h3-4,8,15H,6-7H2,1-2H3,(H,13,14). The first-order chi connectivity index (χ1) is 7.15. The Morgan fingerprint density at radius 3 is 2.93 bits per heavy atom. The van der Waals surface area contributed by atoms with Crippen molar-refractivity contribution in [2.24, 2.45) is 5.92 Å². The van der Waals surface area contributed by atoms with Crippen molar-refractivity contribution in [1.82, 2.24) is 4.98 Å². The highest BCUT2D eigenvalue weighted by atomic mass is 16.3. The van der Waals surface area contributed by atoms with E-state index < -0.39 is 0 Å². The molecule has 1 aromatic heterocycles. The van der Waals surface area contributed by atoms with Gasteiger partial charge in [-0.25, -0.2) is 4.98 Å². The summed E-state index contributed by atoms with van der Waals surface area (Å²) >= 11 is 0. The summed E-state index contributed by atoms with van der Waals surface area (Å²) in [6, 6.07) is 5.52. The third-order valence-electron chi connectivity index (χ3n) is 2.03. The fourth-order valence-electron chi connectivity index (χ4n) is 1.17. The molecule has 1 atom stereocenters. The Labute approximate surface area is 89.6 Å². The fourth-order valence-corrected chi connectivity index (χ4v) is 1.17. The van der Waals surface area contributed by atoms with Crippen molar-refractivity contribution in [3.63, 3.8) is 0 Å². The maximum absolute atomic E-state index is 8.86. The van der Waals surface area contributed by atoms with Crippen molar-refractivity contribution in [3.05, 3.63) is 23.4 Å². The summed E-state index contributed by atoms with van der Waals surface area (Å²) in [6.07, 6.45) is 0. The molecule has 0 saturated carbocycles. The van der Waals surface area contributed by atoms with Gasteiger partial charge in [0.05, 0.1) is 11.6 Å². The Morgan fingerprint density at radius 1 is 1.60 bits per heavy atom. The lowest BCUT2D eigenvalue weighted by Crippen LogP contribution is -2.15. The van der Waals surface area contributed by atoms with E-state index in [1.54, 1.807) is 12.1 Å². The molecule has 1 heterocycles. The zero-order chi connectivity index (χ0) is 11.3. The predicted octanol–water partition coefficient (Wildman–Crippen LogP) is 1.30. The van der Waals surface area contributed by atoms with Crippen LogP contribution >= 0.6 is 0 Å². The van der Waals surface area contributed by atoms with E-state index in [0.29, 0.717) is 17.9 Å². The minimum atomic E-state index is 0.143. The summed E-state index contributed by atoms with van der Waals surface area (Å²) in [6.45, 7) is 4.58. The van der Waals surface area contributed by atoms with Gasteiger partial charge >= 0.3 is 0 Å². The molecule has 0 spiro atoms. The van der Waals surface area contributed by atoms with Gasteiger partial charge in [0.15, 0.2) is 0 Å². The van der Waals surface area contributed by atoms with Crippen LogP contribution in [0.1, 0.15) is 18.2 Å². The number of rotatable bonds is 4. The number of nitrogens with one attached hydrogen (secondary N) is 1. The molecule has 80 valence electrons. The van der Waals surface area contributed by atoms with Gasteiger partial charge in [0.1, 0.15) is 5.82 Å². The van der Waals surface area contributed by atoms with E-state index >= 15 is 0 Å². The molecule has 0 saturated heterocycles. The van der Waals surface area contributed by atoms with Crippen LogP contribution in [0.2, 0.25) is 0 Å². The predicted molar refractivity (Wildman–Crippen MR) is 58.4 cm³/mol. The number of nitrogens with zero attached hydrogens (tertiary/aromatic N) is 2. The van der Waals surface area contributed by atoms with E-state index in [2.05, 4.69) is 16.4 Å². The second-order valence-electron chi connectivity index (χ2n) is 3.66. The number of aliphatic hydroxyl groups excluding tert-OH is 1. The van der Waals surface area contributed by atoms with Crippen molar-refractivity contribution < 1.29 is 5.11 Å². The van der Waals surface area contributed by atoms with Crippen molar-refractivity contribution in [2.75, 3.05) is 18.5 Å². The van der Waals surface area contributed by atoms with Crippen LogP contribution < -0.4 is 5.32 Å². The quantitative estimate of drug-likeness (QED) is 0.777. The van der Waals surface area contributed by atoms with Gasteiger partial charge in [-0.1, -0.05) is 6.92 Å². The second kappa shape index (κ2) is 5.32. The number of hydrogen-bond acceptors (Lipinski definition) is 4. The third-order valence-corrected chi connectivity index (χ3v) is 2.03. The van der Waals surface area contributed by atoms with Gasteiger partial charge in [0, 0.05) is 18.8 Å². The van der Waals surface area contributed by atoms with Gasteiger partial charge in [-0.2, -0.15) is 5.26 Å². The van der Waals surface area contributed by atoms with Crippen LogP contribution in [-0.2, 0) is 0 Å². The topological polar surface area (TPSA) is 68.9 Å². The summed E-state index contributed by atoms with van der Waals surface area (Å²) in [5.41, 5.74) is 1.41. The van der Waals surface area contributed by atoms with Gasteiger partial charge in [-0.05, 0) is 25.0 Å². The molecule has 4 nitrogen and oxygen atoms in total. The van der Waals surface area contributed by atoms with E-state index in [1.165, 1.54) is 0 Å². The zero-order valence-corrected chi connectivity index (χ0v) is 8.99. The first kappa shape index (κ1) is 11.5. The summed E-state index contributed by atoms with van der Waals surface area (Å²) in [4.78, 5) is 4.24. The molecule has 0 bridgehead atoms. The van der Waals surface area contributed by atoms with E-state index in [1.807, 2.05) is 13.8 Å². The van der Waals surface area contributed by atoms with Crippen LogP contribution in [0, 0.1) is 24.2 Å². The van der Waals surface area contributed by atoms with Crippen molar-refractivity contribution >= 4 is 5.82 Å². The number of aliphatic hydroxyl groups is 1. The SMILES string of the molecule is Cc1cc(C#N)cc(NCC(C)CO)n1. The molecule has 4 heteroatoms. The second-order valence-corrected chi connectivity index (χ2v) is 3.66. The van der Waals surface area contributed by atoms with Gasteiger partial charge < -0.3 is 10.4 Å². The Balaban J connectivity index is 2.69. The van der Waals surface area contributed by atoms with Crippen LogP contribution in [0.15, 0.2) is 12.1 Å². The lowest BCUT2D eigenvalue weighted by atomic mass is 10.2. The highest BCUT2D eigenvalue weighted by molar-refractivity contribution is 5.44. The van der Waals surface area contributed by atoms with Gasteiger partial charge in [-0.3, -0.25) is 0 Å². The lowest BCUT2D eigenvalue weighted by Gasteiger charge is -2.10. The number of anilines is 1.